The second kappa shape index (κ2) is 5.61. The van der Waals surface area contributed by atoms with Gasteiger partial charge < -0.3 is 14.8 Å². The molecular weight excluding hydrogens is 230 g/mol. The van der Waals surface area contributed by atoms with E-state index in [2.05, 4.69) is 5.32 Å². The maximum atomic E-state index is 11.8. The molecule has 0 aliphatic rings. The standard InChI is InChI=1S/C11H14ClNO3/c1-4-13-11(14)9-8(15-2)6-5-7(12)10(9)16-3/h5-6H,4H2,1-3H3,(H,13,14). The largest absolute Gasteiger partial charge is 0.496 e. The predicted octanol–water partition coefficient (Wildman–Crippen LogP) is 2.11. The lowest BCUT2D eigenvalue weighted by atomic mass is 10.1. The Balaban J connectivity index is 3.30. The molecular formula is C11H14ClNO3. The van der Waals surface area contributed by atoms with Gasteiger partial charge in [0.1, 0.15) is 11.3 Å². The van der Waals surface area contributed by atoms with Gasteiger partial charge >= 0.3 is 0 Å². The Labute approximate surface area is 99.5 Å². The number of methoxy groups -OCH3 is 2. The van der Waals surface area contributed by atoms with E-state index in [0.29, 0.717) is 28.6 Å². The van der Waals surface area contributed by atoms with Crippen molar-refractivity contribution in [2.75, 3.05) is 20.8 Å². The van der Waals surface area contributed by atoms with Crippen LogP contribution in [0, 0.1) is 0 Å². The van der Waals surface area contributed by atoms with E-state index in [9.17, 15) is 4.79 Å². The highest BCUT2D eigenvalue weighted by atomic mass is 35.5. The summed E-state index contributed by atoms with van der Waals surface area (Å²) in [6.07, 6.45) is 0. The summed E-state index contributed by atoms with van der Waals surface area (Å²) in [7, 11) is 2.95. The molecule has 1 amide bonds. The first-order chi connectivity index (χ1) is 7.65. The number of benzene rings is 1. The quantitative estimate of drug-likeness (QED) is 0.881. The first kappa shape index (κ1) is 12.6. The molecule has 0 aliphatic heterocycles. The van der Waals surface area contributed by atoms with Crippen molar-refractivity contribution in [3.8, 4) is 11.5 Å². The molecule has 0 atom stereocenters. The van der Waals surface area contributed by atoms with Crippen molar-refractivity contribution in [3.63, 3.8) is 0 Å². The summed E-state index contributed by atoms with van der Waals surface area (Å²) in [5.74, 6) is 0.498. The molecule has 0 radical (unpaired) electrons. The van der Waals surface area contributed by atoms with E-state index in [1.807, 2.05) is 6.92 Å². The van der Waals surface area contributed by atoms with Crippen LogP contribution in [0.15, 0.2) is 12.1 Å². The summed E-state index contributed by atoms with van der Waals surface area (Å²) >= 11 is 5.94. The van der Waals surface area contributed by atoms with Crippen LogP contribution in [0.25, 0.3) is 0 Å². The van der Waals surface area contributed by atoms with Gasteiger partial charge in [-0.15, -0.1) is 0 Å². The van der Waals surface area contributed by atoms with Crippen LogP contribution in [-0.4, -0.2) is 26.7 Å². The van der Waals surface area contributed by atoms with E-state index in [1.54, 1.807) is 12.1 Å². The van der Waals surface area contributed by atoms with Crippen LogP contribution in [0.1, 0.15) is 17.3 Å². The molecule has 0 fully saturated rings. The van der Waals surface area contributed by atoms with Crippen molar-refractivity contribution in [1.82, 2.24) is 5.32 Å². The number of amides is 1. The van der Waals surface area contributed by atoms with E-state index in [1.165, 1.54) is 14.2 Å². The summed E-state index contributed by atoms with van der Waals surface area (Å²) in [4.78, 5) is 11.8. The van der Waals surface area contributed by atoms with Crippen molar-refractivity contribution in [2.45, 2.75) is 6.92 Å². The lowest BCUT2D eigenvalue weighted by molar-refractivity contribution is 0.0949. The number of carbonyl (C=O) groups excluding carboxylic acids is 1. The third kappa shape index (κ3) is 2.39. The van der Waals surface area contributed by atoms with Gasteiger partial charge in [0.2, 0.25) is 0 Å². The minimum absolute atomic E-state index is 0.265. The molecule has 1 aromatic rings. The van der Waals surface area contributed by atoms with Gasteiger partial charge in [-0.05, 0) is 19.1 Å². The van der Waals surface area contributed by atoms with E-state index in [4.69, 9.17) is 21.1 Å². The minimum atomic E-state index is -0.265. The van der Waals surface area contributed by atoms with E-state index < -0.39 is 0 Å². The highest BCUT2D eigenvalue weighted by molar-refractivity contribution is 6.32. The number of nitrogens with one attached hydrogen (secondary N) is 1. The highest BCUT2D eigenvalue weighted by Crippen LogP contribution is 2.35. The smallest absolute Gasteiger partial charge is 0.258 e. The zero-order chi connectivity index (χ0) is 12.1. The Morgan fingerprint density at radius 3 is 2.56 bits per heavy atom. The van der Waals surface area contributed by atoms with E-state index in [-0.39, 0.29) is 5.91 Å². The second-order valence-corrected chi connectivity index (χ2v) is 3.42. The van der Waals surface area contributed by atoms with Gasteiger partial charge in [-0.2, -0.15) is 0 Å². The normalized spacial score (nSPS) is 9.75. The number of halogens is 1. The first-order valence-electron chi connectivity index (χ1n) is 4.84. The molecule has 0 aliphatic carbocycles. The van der Waals surface area contributed by atoms with Gasteiger partial charge in [-0.1, -0.05) is 11.6 Å². The minimum Gasteiger partial charge on any atom is -0.496 e. The van der Waals surface area contributed by atoms with Gasteiger partial charge in [-0.25, -0.2) is 0 Å². The fraction of sp³-hybridized carbons (Fsp3) is 0.364. The van der Waals surface area contributed by atoms with Gasteiger partial charge in [0.15, 0.2) is 5.75 Å². The molecule has 0 aromatic heterocycles. The maximum absolute atomic E-state index is 11.8. The van der Waals surface area contributed by atoms with Crippen molar-refractivity contribution in [2.24, 2.45) is 0 Å². The fourth-order valence-corrected chi connectivity index (χ4v) is 1.61. The summed E-state index contributed by atoms with van der Waals surface area (Å²) in [6.45, 7) is 2.36. The maximum Gasteiger partial charge on any atom is 0.258 e. The van der Waals surface area contributed by atoms with Crippen LogP contribution < -0.4 is 14.8 Å². The van der Waals surface area contributed by atoms with E-state index >= 15 is 0 Å². The van der Waals surface area contributed by atoms with Gasteiger partial charge in [0.05, 0.1) is 19.2 Å². The molecule has 0 saturated carbocycles. The third-order valence-electron chi connectivity index (χ3n) is 2.06. The molecule has 0 unspecified atom stereocenters. The Morgan fingerprint density at radius 2 is 2.06 bits per heavy atom. The van der Waals surface area contributed by atoms with Crippen LogP contribution in [0.2, 0.25) is 5.02 Å². The summed E-state index contributed by atoms with van der Waals surface area (Å²) in [5.41, 5.74) is 0.319. The van der Waals surface area contributed by atoms with Crippen LogP contribution in [0.3, 0.4) is 0 Å². The number of hydrogen-bond donors (Lipinski definition) is 1. The molecule has 4 nitrogen and oxygen atoms in total. The number of hydrogen-bond acceptors (Lipinski definition) is 3. The van der Waals surface area contributed by atoms with Crippen LogP contribution in [-0.2, 0) is 0 Å². The second-order valence-electron chi connectivity index (χ2n) is 3.02. The number of ether oxygens (including phenoxy) is 2. The molecule has 1 N–H and O–H groups in total. The lowest BCUT2D eigenvalue weighted by Gasteiger charge is -2.13. The van der Waals surface area contributed by atoms with Crippen molar-refractivity contribution >= 4 is 17.5 Å². The summed E-state index contributed by atoms with van der Waals surface area (Å²) < 4.78 is 10.2. The molecule has 0 spiro atoms. The highest BCUT2D eigenvalue weighted by Gasteiger charge is 2.20. The van der Waals surface area contributed by atoms with Gasteiger partial charge in [-0.3, -0.25) is 4.79 Å². The van der Waals surface area contributed by atoms with Crippen LogP contribution in [0.4, 0.5) is 0 Å². The SMILES string of the molecule is CCNC(=O)c1c(OC)ccc(Cl)c1OC. The molecule has 16 heavy (non-hydrogen) atoms. The first-order valence-corrected chi connectivity index (χ1v) is 5.22. The van der Waals surface area contributed by atoms with Crippen LogP contribution in [0.5, 0.6) is 11.5 Å². The Kier molecular flexibility index (Phi) is 4.43. The lowest BCUT2D eigenvalue weighted by Crippen LogP contribution is -2.24. The number of carbonyl (C=O) groups is 1. The molecule has 0 heterocycles. The van der Waals surface area contributed by atoms with Crippen molar-refractivity contribution in [1.29, 1.82) is 0 Å². The fourth-order valence-electron chi connectivity index (χ4n) is 1.37. The molecule has 0 bridgehead atoms. The zero-order valence-electron chi connectivity index (χ0n) is 9.46. The van der Waals surface area contributed by atoms with Crippen molar-refractivity contribution in [3.05, 3.63) is 22.7 Å². The van der Waals surface area contributed by atoms with Gasteiger partial charge in [0, 0.05) is 6.54 Å². The molecule has 1 aromatic carbocycles. The molecule has 0 saturated heterocycles. The molecule has 5 heteroatoms. The Morgan fingerprint density at radius 1 is 1.38 bits per heavy atom. The van der Waals surface area contributed by atoms with Crippen LogP contribution >= 0.6 is 11.6 Å². The number of rotatable bonds is 4. The Bertz CT molecular complexity index is 393. The third-order valence-corrected chi connectivity index (χ3v) is 2.36. The van der Waals surface area contributed by atoms with Gasteiger partial charge in [0.25, 0.3) is 5.91 Å². The average molecular weight is 244 g/mol. The van der Waals surface area contributed by atoms with E-state index in [0.717, 1.165) is 0 Å². The Hall–Kier alpha value is -1.42. The monoisotopic (exact) mass is 243 g/mol. The molecule has 88 valence electrons. The molecule has 1 rings (SSSR count). The topological polar surface area (TPSA) is 47.6 Å². The zero-order valence-corrected chi connectivity index (χ0v) is 10.2. The van der Waals surface area contributed by atoms with Crippen molar-refractivity contribution < 1.29 is 14.3 Å². The predicted molar refractivity (Wildman–Crippen MR) is 62.6 cm³/mol. The average Bonchev–Trinajstić information content (AvgIpc) is 2.28. The summed E-state index contributed by atoms with van der Waals surface area (Å²) in [6, 6.07) is 3.26. The summed E-state index contributed by atoms with van der Waals surface area (Å²) in [5, 5.41) is 3.06.